The molecule has 0 aliphatic rings. The molecule has 0 heterocycles. The van der Waals surface area contributed by atoms with E-state index in [1.165, 1.54) is 12.1 Å². The van der Waals surface area contributed by atoms with Crippen molar-refractivity contribution < 1.29 is 36.9 Å². The lowest BCUT2D eigenvalue weighted by molar-refractivity contribution is -0.0544. The number of hydrogen-bond acceptors (Lipinski definition) is 5. The Kier molecular flexibility index (Phi) is 6.49. The third-order valence-corrected chi connectivity index (χ3v) is 4.15. The van der Waals surface area contributed by atoms with E-state index in [4.69, 9.17) is 0 Å². The first-order valence-corrected chi connectivity index (χ1v) is 8.75. The number of phenolic OH excluding ortho intramolecular Hbond substituents is 1. The van der Waals surface area contributed by atoms with E-state index >= 15 is 0 Å². The van der Waals surface area contributed by atoms with E-state index in [9.17, 15) is 27.5 Å². The summed E-state index contributed by atoms with van der Waals surface area (Å²) < 4.78 is 58.7. The van der Waals surface area contributed by atoms with Crippen LogP contribution in [-0.4, -0.2) is 24.2 Å². The Balaban J connectivity index is 1.77. The maximum absolute atomic E-state index is 12.7. The Morgan fingerprint density at radius 3 is 2.16 bits per heavy atom. The van der Waals surface area contributed by atoms with Crippen molar-refractivity contribution in [3.8, 4) is 17.2 Å². The maximum atomic E-state index is 12.7. The summed E-state index contributed by atoms with van der Waals surface area (Å²) in [6.07, 6.45) is 0. The summed E-state index contributed by atoms with van der Waals surface area (Å²) in [4.78, 5) is 12.5. The van der Waals surface area contributed by atoms with Crippen LogP contribution in [0.1, 0.15) is 15.9 Å². The first-order valence-electron chi connectivity index (χ1n) is 8.75. The van der Waals surface area contributed by atoms with Crippen LogP contribution < -0.4 is 20.3 Å². The van der Waals surface area contributed by atoms with Gasteiger partial charge in [-0.2, -0.15) is 17.6 Å². The molecule has 0 aliphatic carbocycles. The fourth-order valence-corrected chi connectivity index (χ4v) is 2.80. The molecule has 3 aromatic rings. The molecule has 0 saturated carbocycles. The third kappa shape index (κ3) is 5.35. The largest absolute Gasteiger partial charge is 0.507 e. The second-order valence-corrected chi connectivity index (χ2v) is 6.19. The Bertz CT molecular complexity index is 1120. The second kappa shape index (κ2) is 9.24. The number of aromatic hydroxyl groups is 1. The number of benzene rings is 3. The number of amides is 1. The van der Waals surface area contributed by atoms with Gasteiger partial charge in [0.1, 0.15) is 17.2 Å². The normalized spacial score (nSPS) is 10.9. The molecule has 10 heteroatoms. The zero-order valence-corrected chi connectivity index (χ0v) is 15.7. The second-order valence-electron chi connectivity index (χ2n) is 6.19. The molecule has 3 rings (SSSR count). The van der Waals surface area contributed by atoms with E-state index in [-0.39, 0.29) is 22.6 Å². The first-order chi connectivity index (χ1) is 14.7. The highest BCUT2D eigenvalue weighted by Gasteiger charge is 2.17. The van der Waals surface area contributed by atoms with Gasteiger partial charge in [0.2, 0.25) is 0 Å². The average Bonchev–Trinajstić information content (AvgIpc) is 2.70. The lowest BCUT2D eigenvalue weighted by Crippen LogP contribution is -2.36. The predicted octanol–water partition coefficient (Wildman–Crippen LogP) is 4.65. The van der Waals surface area contributed by atoms with Gasteiger partial charge in [-0.25, -0.2) is 0 Å². The van der Waals surface area contributed by atoms with Gasteiger partial charge in [0.05, 0.1) is 11.3 Å². The van der Waals surface area contributed by atoms with Gasteiger partial charge in [-0.05, 0) is 35.0 Å². The molecule has 1 amide bonds. The van der Waals surface area contributed by atoms with Gasteiger partial charge in [0.25, 0.3) is 5.91 Å². The molecule has 0 aliphatic heterocycles. The topological polar surface area (TPSA) is 79.8 Å². The van der Waals surface area contributed by atoms with Gasteiger partial charge in [-0.15, -0.1) is 0 Å². The molecule has 0 aromatic heterocycles. The van der Waals surface area contributed by atoms with Crippen LogP contribution in [0, 0.1) is 0 Å². The third-order valence-electron chi connectivity index (χ3n) is 4.15. The van der Waals surface area contributed by atoms with Crippen molar-refractivity contribution in [1.82, 2.24) is 10.9 Å². The number of phenols is 1. The van der Waals surface area contributed by atoms with Gasteiger partial charge in [-0.3, -0.25) is 15.6 Å². The summed E-state index contributed by atoms with van der Waals surface area (Å²) in [5, 5.41) is 11.6. The molecule has 3 aromatic carbocycles. The lowest BCUT2D eigenvalue weighted by atomic mass is 10.1. The van der Waals surface area contributed by atoms with Crippen molar-refractivity contribution in [2.75, 3.05) is 0 Å². The molecule has 0 unspecified atom stereocenters. The van der Waals surface area contributed by atoms with E-state index in [1.54, 1.807) is 24.3 Å². The van der Waals surface area contributed by atoms with Crippen molar-refractivity contribution in [3.05, 3.63) is 72.3 Å². The molecule has 0 bridgehead atoms. The molecular formula is C21H16F4N2O4. The summed E-state index contributed by atoms with van der Waals surface area (Å²) in [6, 6.07) is 13.1. The monoisotopic (exact) mass is 436 g/mol. The van der Waals surface area contributed by atoms with Crippen molar-refractivity contribution >= 4 is 22.4 Å². The van der Waals surface area contributed by atoms with Crippen LogP contribution in [-0.2, 0) is 0 Å². The van der Waals surface area contributed by atoms with Crippen LogP contribution in [0.15, 0.2) is 61.2 Å². The van der Waals surface area contributed by atoms with E-state index in [1.807, 2.05) is 0 Å². The Labute approximate surface area is 173 Å². The van der Waals surface area contributed by atoms with Gasteiger partial charge in [0.15, 0.2) is 0 Å². The molecule has 0 fully saturated rings. The zero-order valence-electron chi connectivity index (χ0n) is 15.7. The van der Waals surface area contributed by atoms with Crippen LogP contribution >= 0.6 is 0 Å². The number of fused-ring (bicyclic) bond motifs is 1. The molecule has 0 radical (unpaired) electrons. The minimum Gasteiger partial charge on any atom is -0.507 e. The molecule has 31 heavy (non-hydrogen) atoms. The van der Waals surface area contributed by atoms with Crippen LogP contribution in [0.4, 0.5) is 17.6 Å². The smallest absolute Gasteiger partial charge is 0.387 e. The van der Waals surface area contributed by atoms with Crippen LogP contribution in [0.25, 0.3) is 16.5 Å². The van der Waals surface area contributed by atoms with Crippen molar-refractivity contribution in [1.29, 1.82) is 0 Å². The van der Waals surface area contributed by atoms with Gasteiger partial charge < -0.3 is 14.6 Å². The number of alkyl halides is 4. The Hall–Kier alpha value is -3.95. The SMILES string of the molecule is C=C(NNC(=O)c1cc2ccccc2cc1O)c1ccc(OC(F)F)cc1OC(F)F. The lowest BCUT2D eigenvalue weighted by Gasteiger charge is -2.16. The standard InChI is InChI=1S/C21H16F4N2O4/c1-11(15-7-6-14(30-20(22)23)10-18(15)31-21(24)25)26-27-19(29)16-8-12-4-2-3-5-13(12)9-17(16)28/h2-10,20-21,26,28H,1H2,(H,27,29). The average molecular weight is 436 g/mol. The molecule has 0 atom stereocenters. The Morgan fingerprint density at radius 2 is 1.52 bits per heavy atom. The van der Waals surface area contributed by atoms with E-state index in [2.05, 4.69) is 26.9 Å². The highest BCUT2D eigenvalue weighted by Crippen LogP contribution is 2.31. The van der Waals surface area contributed by atoms with E-state index < -0.39 is 30.6 Å². The Morgan fingerprint density at radius 1 is 0.871 bits per heavy atom. The molecule has 0 saturated heterocycles. The summed E-state index contributed by atoms with van der Waals surface area (Å²) in [5.74, 6) is -1.88. The summed E-state index contributed by atoms with van der Waals surface area (Å²) >= 11 is 0. The van der Waals surface area contributed by atoms with Crippen LogP contribution in [0.2, 0.25) is 0 Å². The predicted molar refractivity (Wildman–Crippen MR) is 105 cm³/mol. The maximum Gasteiger partial charge on any atom is 0.387 e. The minimum atomic E-state index is -3.24. The summed E-state index contributed by atoms with van der Waals surface area (Å²) in [5.41, 5.74) is 4.56. The number of ether oxygens (including phenoxy) is 2. The number of carbonyl (C=O) groups is 1. The van der Waals surface area contributed by atoms with Gasteiger partial charge in [-0.1, -0.05) is 30.8 Å². The zero-order chi connectivity index (χ0) is 22.5. The molecule has 6 nitrogen and oxygen atoms in total. The number of hydrogen-bond donors (Lipinski definition) is 3. The summed E-state index contributed by atoms with van der Waals surface area (Å²) in [7, 11) is 0. The number of rotatable bonds is 8. The highest BCUT2D eigenvalue weighted by atomic mass is 19.3. The highest BCUT2D eigenvalue weighted by molar-refractivity contribution is 6.01. The fourth-order valence-electron chi connectivity index (χ4n) is 2.80. The minimum absolute atomic E-state index is 0.0371. The van der Waals surface area contributed by atoms with Gasteiger partial charge in [0, 0.05) is 11.6 Å². The quantitative estimate of drug-likeness (QED) is 0.354. The number of halogens is 4. The number of hydrazine groups is 1. The van der Waals surface area contributed by atoms with E-state index in [0.29, 0.717) is 5.39 Å². The van der Waals surface area contributed by atoms with Crippen molar-refractivity contribution in [2.24, 2.45) is 0 Å². The van der Waals surface area contributed by atoms with Gasteiger partial charge >= 0.3 is 13.2 Å². The molecular weight excluding hydrogens is 420 g/mol. The van der Waals surface area contributed by atoms with Crippen molar-refractivity contribution in [2.45, 2.75) is 13.2 Å². The summed E-state index contributed by atoms with van der Waals surface area (Å²) in [6.45, 7) is -2.77. The molecule has 3 N–H and O–H groups in total. The molecule has 0 spiro atoms. The first kappa shape index (κ1) is 21.8. The number of carbonyl (C=O) groups excluding carboxylic acids is 1. The van der Waals surface area contributed by atoms with Crippen LogP contribution in [0.5, 0.6) is 17.2 Å². The van der Waals surface area contributed by atoms with Crippen LogP contribution in [0.3, 0.4) is 0 Å². The fraction of sp³-hybridized carbons (Fsp3) is 0.0952. The van der Waals surface area contributed by atoms with E-state index in [0.717, 1.165) is 23.6 Å². The molecule has 162 valence electrons. The number of nitrogens with one attached hydrogen (secondary N) is 2. The van der Waals surface area contributed by atoms with Crippen molar-refractivity contribution in [3.63, 3.8) is 0 Å².